The van der Waals surface area contributed by atoms with Crippen LogP contribution in [-0.2, 0) is 16.6 Å². The Bertz CT molecular complexity index is 920. The fraction of sp³-hybridized carbons (Fsp3) is 0.350. The molecule has 1 aliphatic rings. The van der Waals surface area contributed by atoms with Gasteiger partial charge in [-0.15, -0.1) is 0 Å². The van der Waals surface area contributed by atoms with Gasteiger partial charge in [-0.1, -0.05) is 24.3 Å². The van der Waals surface area contributed by atoms with Crippen LogP contribution in [0, 0.1) is 11.3 Å². The lowest BCUT2D eigenvalue weighted by Gasteiger charge is -2.22. The quantitative estimate of drug-likeness (QED) is 0.790. The molecule has 6 nitrogen and oxygen atoms in total. The van der Waals surface area contributed by atoms with E-state index >= 15 is 0 Å². The van der Waals surface area contributed by atoms with Crippen molar-refractivity contribution in [3.8, 4) is 11.8 Å². The summed E-state index contributed by atoms with van der Waals surface area (Å²) >= 11 is 0. The molecule has 2 aromatic rings. The van der Waals surface area contributed by atoms with Crippen LogP contribution in [0.1, 0.15) is 17.5 Å². The second kappa shape index (κ2) is 8.53. The zero-order valence-electron chi connectivity index (χ0n) is 15.3. The summed E-state index contributed by atoms with van der Waals surface area (Å²) in [4.78, 5) is 2.35. The van der Waals surface area contributed by atoms with Gasteiger partial charge < -0.3 is 4.74 Å². The first kappa shape index (κ1) is 19.4. The van der Waals surface area contributed by atoms with Crippen LogP contribution in [-0.4, -0.2) is 50.9 Å². The van der Waals surface area contributed by atoms with Crippen LogP contribution >= 0.6 is 0 Å². The van der Waals surface area contributed by atoms with Crippen molar-refractivity contribution in [2.24, 2.45) is 0 Å². The fourth-order valence-corrected chi connectivity index (χ4v) is 4.87. The first-order valence-corrected chi connectivity index (χ1v) is 10.3. The minimum Gasteiger partial charge on any atom is -0.497 e. The van der Waals surface area contributed by atoms with Crippen LogP contribution in [0.4, 0.5) is 0 Å². The van der Waals surface area contributed by atoms with Crippen molar-refractivity contribution in [2.75, 3.05) is 33.3 Å². The minimum absolute atomic E-state index is 0.0936. The SMILES string of the molecule is COc1ccc(CN2CCCN(S(=O)(=O)c3ccccc3C#N)CC2)cc1. The molecular formula is C20H23N3O3S. The molecule has 1 aliphatic heterocycles. The van der Waals surface area contributed by atoms with E-state index in [4.69, 9.17) is 4.74 Å². The number of rotatable bonds is 5. The molecule has 7 heteroatoms. The molecule has 0 bridgehead atoms. The van der Waals surface area contributed by atoms with E-state index in [1.807, 2.05) is 30.3 Å². The standard InChI is InChI=1S/C20H23N3O3S/c1-26-19-9-7-17(8-10-19)16-22-11-4-12-23(14-13-22)27(24,25)20-6-3-2-5-18(20)15-21/h2-3,5-10H,4,11-14,16H2,1H3. The summed E-state index contributed by atoms with van der Waals surface area (Å²) < 4.78 is 32.7. The molecule has 0 N–H and O–H groups in total. The average Bonchev–Trinajstić information content (AvgIpc) is 2.94. The molecule has 0 radical (unpaired) electrons. The Morgan fingerprint density at radius 2 is 1.78 bits per heavy atom. The Labute approximate surface area is 160 Å². The zero-order valence-corrected chi connectivity index (χ0v) is 16.2. The highest BCUT2D eigenvalue weighted by molar-refractivity contribution is 7.89. The van der Waals surface area contributed by atoms with Crippen molar-refractivity contribution < 1.29 is 13.2 Å². The first-order chi connectivity index (χ1) is 13.0. The highest BCUT2D eigenvalue weighted by atomic mass is 32.2. The van der Waals surface area contributed by atoms with Gasteiger partial charge in [-0.05, 0) is 42.8 Å². The van der Waals surface area contributed by atoms with Gasteiger partial charge in [-0.2, -0.15) is 9.57 Å². The molecule has 0 amide bonds. The predicted molar refractivity (Wildman–Crippen MR) is 103 cm³/mol. The summed E-state index contributed by atoms with van der Waals surface area (Å²) in [5.74, 6) is 0.822. The lowest BCUT2D eigenvalue weighted by atomic mass is 10.2. The topological polar surface area (TPSA) is 73.6 Å². The third kappa shape index (κ3) is 4.48. The number of nitrogens with zero attached hydrogens (tertiary/aromatic N) is 3. The summed E-state index contributed by atoms with van der Waals surface area (Å²) in [6.45, 7) is 3.13. The second-order valence-corrected chi connectivity index (χ2v) is 8.40. The molecule has 0 spiro atoms. The van der Waals surface area contributed by atoms with Gasteiger partial charge in [0.1, 0.15) is 11.8 Å². The Kier molecular flexibility index (Phi) is 6.11. The van der Waals surface area contributed by atoms with E-state index < -0.39 is 10.0 Å². The Balaban J connectivity index is 1.69. The van der Waals surface area contributed by atoms with E-state index in [0.717, 1.165) is 25.3 Å². The van der Waals surface area contributed by atoms with Crippen molar-refractivity contribution >= 4 is 10.0 Å². The van der Waals surface area contributed by atoms with Gasteiger partial charge in [0, 0.05) is 26.2 Å². The van der Waals surface area contributed by atoms with E-state index in [0.29, 0.717) is 19.6 Å². The summed E-state index contributed by atoms with van der Waals surface area (Å²) in [7, 11) is -2.02. The molecule has 3 rings (SSSR count). The summed E-state index contributed by atoms with van der Waals surface area (Å²) in [6, 6.07) is 16.3. The third-order valence-electron chi connectivity index (χ3n) is 4.74. The van der Waals surface area contributed by atoms with Gasteiger partial charge in [0.2, 0.25) is 10.0 Å². The zero-order chi connectivity index (χ0) is 19.3. The van der Waals surface area contributed by atoms with E-state index in [9.17, 15) is 13.7 Å². The minimum atomic E-state index is -3.67. The summed E-state index contributed by atoms with van der Waals surface area (Å²) in [6.07, 6.45) is 0.754. The van der Waals surface area contributed by atoms with Gasteiger partial charge in [-0.25, -0.2) is 8.42 Å². The molecule has 0 atom stereocenters. The third-order valence-corrected chi connectivity index (χ3v) is 6.69. The number of nitriles is 1. The van der Waals surface area contributed by atoms with Crippen LogP contribution in [0.3, 0.4) is 0 Å². The molecule has 27 heavy (non-hydrogen) atoms. The van der Waals surface area contributed by atoms with E-state index in [1.165, 1.54) is 15.9 Å². The molecular weight excluding hydrogens is 362 g/mol. The predicted octanol–water partition coefficient (Wildman–Crippen LogP) is 2.46. The lowest BCUT2D eigenvalue weighted by Crippen LogP contribution is -2.35. The van der Waals surface area contributed by atoms with Crippen molar-refractivity contribution in [1.82, 2.24) is 9.21 Å². The Morgan fingerprint density at radius 3 is 2.48 bits per heavy atom. The lowest BCUT2D eigenvalue weighted by molar-refractivity contribution is 0.278. The van der Waals surface area contributed by atoms with Gasteiger partial charge in [-0.3, -0.25) is 4.90 Å². The maximum absolute atomic E-state index is 13.0. The highest BCUT2D eigenvalue weighted by Crippen LogP contribution is 2.22. The molecule has 1 saturated heterocycles. The van der Waals surface area contributed by atoms with Crippen molar-refractivity contribution in [3.63, 3.8) is 0 Å². The molecule has 142 valence electrons. The maximum Gasteiger partial charge on any atom is 0.244 e. The Morgan fingerprint density at radius 1 is 1.04 bits per heavy atom. The normalized spacial score (nSPS) is 16.4. The number of benzene rings is 2. The van der Waals surface area contributed by atoms with Crippen LogP contribution < -0.4 is 4.74 Å². The van der Waals surface area contributed by atoms with Crippen LogP contribution in [0.25, 0.3) is 0 Å². The molecule has 0 saturated carbocycles. The molecule has 1 heterocycles. The van der Waals surface area contributed by atoms with E-state index in [1.54, 1.807) is 25.3 Å². The largest absolute Gasteiger partial charge is 0.497 e. The molecule has 0 unspecified atom stereocenters. The highest BCUT2D eigenvalue weighted by Gasteiger charge is 2.28. The maximum atomic E-state index is 13.0. The molecule has 1 fully saturated rings. The van der Waals surface area contributed by atoms with Crippen molar-refractivity contribution in [2.45, 2.75) is 17.9 Å². The Hall–Kier alpha value is -2.40. The smallest absolute Gasteiger partial charge is 0.244 e. The van der Waals surface area contributed by atoms with Crippen molar-refractivity contribution in [1.29, 1.82) is 5.26 Å². The summed E-state index contributed by atoms with van der Waals surface area (Å²) in [5, 5.41) is 9.23. The fourth-order valence-electron chi connectivity index (χ4n) is 3.26. The number of sulfonamides is 1. The first-order valence-electron chi connectivity index (χ1n) is 8.89. The van der Waals surface area contributed by atoms with Gasteiger partial charge in [0.25, 0.3) is 0 Å². The number of hydrogen-bond donors (Lipinski definition) is 0. The molecule has 0 aromatic heterocycles. The van der Waals surface area contributed by atoms with Gasteiger partial charge in [0.15, 0.2) is 0 Å². The monoisotopic (exact) mass is 385 g/mol. The average molecular weight is 385 g/mol. The van der Waals surface area contributed by atoms with Crippen LogP contribution in [0.15, 0.2) is 53.4 Å². The van der Waals surface area contributed by atoms with Crippen LogP contribution in [0.5, 0.6) is 5.75 Å². The van der Waals surface area contributed by atoms with Crippen LogP contribution in [0.2, 0.25) is 0 Å². The molecule has 2 aromatic carbocycles. The summed E-state index contributed by atoms with van der Waals surface area (Å²) in [5.41, 5.74) is 1.36. The molecule has 0 aliphatic carbocycles. The van der Waals surface area contributed by atoms with E-state index in [-0.39, 0.29) is 10.5 Å². The number of methoxy groups -OCH3 is 1. The second-order valence-electron chi connectivity index (χ2n) is 6.49. The van der Waals surface area contributed by atoms with Gasteiger partial charge in [0.05, 0.1) is 17.6 Å². The van der Waals surface area contributed by atoms with E-state index in [2.05, 4.69) is 4.90 Å². The van der Waals surface area contributed by atoms with Crippen molar-refractivity contribution in [3.05, 3.63) is 59.7 Å². The number of hydrogen-bond acceptors (Lipinski definition) is 5. The number of ether oxygens (including phenoxy) is 1. The van der Waals surface area contributed by atoms with Gasteiger partial charge >= 0.3 is 0 Å².